The lowest BCUT2D eigenvalue weighted by molar-refractivity contribution is 0.0692. The molecular weight excluding hydrogens is 258 g/mol. The summed E-state index contributed by atoms with van der Waals surface area (Å²) in [5.74, 6) is -1.09. The number of aryl methyl sites for hydroxylation is 1. The molecule has 6 nitrogen and oxygen atoms in total. The minimum absolute atomic E-state index is 0.00438. The van der Waals surface area contributed by atoms with E-state index in [0.717, 1.165) is 12.8 Å². The average Bonchev–Trinajstić information content (AvgIpc) is 2.94. The van der Waals surface area contributed by atoms with Crippen LogP contribution < -0.4 is 10.6 Å². The summed E-state index contributed by atoms with van der Waals surface area (Å²) in [6.45, 7) is 4.53. The highest BCUT2D eigenvalue weighted by Gasteiger charge is 2.29. The van der Waals surface area contributed by atoms with Crippen LogP contribution in [-0.4, -0.2) is 28.6 Å². The van der Waals surface area contributed by atoms with Gasteiger partial charge in [0.15, 0.2) is 0 Å². The summed E-state index contributed by atoms with van der Waals surface area (Å²) in [4.78, 5) is 25.6. The highest BCUT2D eigenvalue weighted by atomic mass is 16.4. The fourth-order valence-electron chi connectivity index (χ4n) is 2.72. The molecule has 0 bridgehead atoms. The van der Waals surface area contributed by atoms with E-state index in [2.05, 4.69) is 22.5 Å². The van der Waals surface area contributed by atoms with Crippen molar-refractivity contribution in [1.82, 2.24) is 10.3 Å². The first-order valence-corrected chi connectivity index (χ1v) is 6.87. The second-order valence-corrected chi connectivity index (χ2v) is 5.87. The Balaban J connectivity index is 1.93. The van der Waals surface area contributed by atoms with Gasteiger partial charge in [0.05, 0.1) is 5.69 Å². The number of anilines is 1. The van der Waals surface area contributed by atoms with Crippen molar-refractivity contribution >= 4 is 17.7 Å². The number of carbonyl (C=O) groups is 2. The van der Waals surface area contributed by atoms with E-state index >= 15 is 0 Å². The lowest BCUT2D eigenvalue weighted by atomic mass is 9.89. The number of aromatic nitrogens is 1. The monoisotopic (exact) mass is 279 g/mol. The molecule has 0 unspecified atom stereocenters. The van der Waals surface area contributed by atoms with E-state index in [1.807, 2.05) is 0 Å². The predicted molar refractivity (Wildman–Crippen MR) is 76.1 cm³/mol. The maximum atomic E-state index is 11.9. The van der Waals surface area contributed by atoms with Crippen molar-refractivity contribution in [3.8, 4) is 0 Å². The minimum atomic E-state index is -1.09. The molecule has 1 aliphatic carbocycles. The number of urea groups is 1. The summed E-state index contributed by atoms with van der Waals surface area (Å²) in [7, 11) is 0. The molecule has 110 valence electrons. The second-order valence-electron chi connectivity index (χ2n) is 5.87. The van der Waals surface area contributed by atoms with E-state index < -0.39 is 5.97 Å². The minimum Gasteiger partial charge on any atom is -0.477 e. The maximum absolute atomic E-state index is 11.9. The number of rotatable bonds is 4. The van der Waals surface area contributed by atoms with Gasteiger partial charge in [0.2, 0.25) is 0 Å². The Kier molecular flexibility index (Phi) is 4.01. The Morgan fingerprint density at radius 2 is 2.05 bits per heavy atom. The molecule has 1 saturated carbocycles. The highest BCUT2D eigenvalue weighted by molar-refractivity contribution is 5.99. The molecule has 0 aromatic carbocycles. The van der Waals surface area contributed by atoms with Gasteiger partial charge in [-0.25, -0.2) is 9.59 Å². The number of amides is 2. The zero-order chi connectivity index (χ0) is 14.8. The van der Waals surface area contributed by atoms with Crippen molar-refractivity contribution in [3.63, 3.8) is 0 Å². The first-order chi connectivity index (χ1) is 9.39. The largest absolute Gasteiger partial charge is 0.477 e. The van der Waals surface area contributed by atoms with Crippen LogP contribution in [-0.2, 0) is 0 Å². The van der Waals surface area contributed by atoms with Crippen LogP contribution in [0.2, 0.25) is 0 Å². The van der Waals surface area contributed by atoms with Gasteiger partial charge in [-0.2, -0.15) is 0 Å². The van der Waals surface area contributed by atoms with Crippen LogP contribution >= 0.6 is 0 Å². The molecule has 6 heteroatoms. The van der Waals surface area contributed by atoms with Crippen molar-refractivity contribution < 1.29 is 14.7 Å². The zero-order valence-electron chi connectivity index (χ0n) is 11.9. The SMILES string of the molecule is Cc1cc(NC(=O)NCC2(C)CCCC2)c(C(=O)O)[nH]1. The molecule has 2 amide bonds. The van der Waals surface area contributed by atoms with Crippen LogP contribution in [0.4, 0.5) is 10.5 Å². The smallest absolute Gasteiger partial charge is 0.354 e. The molecular formula is C14H21N3O3. The Hall–Kier alpha value is -1.98. The lowest BCUT2D eigenvalue weighted by Crippen LogP contribution is -2.37. The topological polar surface area (TPSA) is 94.2 Å². The lowest BCUT2D eigenvalue weighted by Gasteiger charge is -2.23. The maximum Gasteiger partial charge on any atom is 0.354 e. The van der Waals surface area contributed by atoms with Crippen molar-refractivity contribution in [2.45, 2.75) is 39.5 Å². The van der Waals surface area contributed by atoms with E-state index in [9.17, 15) is 9.59 Å². The third-order valence-corrected chi connectivity index (χ3v) is 3.90. The average molecular weight is 279 g/mol. The summed E-state index contributed by atoms with van der Waals surface area (Å²) in [5, 5.41) is 14.5. The van der Waals surface area contributed by atoms with Crippen LogP contribution in [0.1, 0.15) is 48.8 Å². The van der Waals surface area contributed by atoms with E-state index in [4.69, 9.17) is 5.11 Å². The Morgan fingerprint density at radius 1 is 1.40 bits per heavy atom. The second kappa shape index (κ2) is 5.56. The number of carbonyl (C=O) groups excluding carboxylic acids is 1. The van der Waals surface area contributed by atoms with Crippen LogP contribution in [0.25, 0.3) is 0 Å². The van der Waals surface area contributed by atoms with Gasteiger partial charge < -0.3 is 20.7 Å². The summed E-state index contributed by atoms with van der Waals surface area (Å²) in [6, 6.07) is 1.25. The van der Waals surface area contributed by atoms with Crippen molar-refractivity contribution in [1.29, 1.82) is 0 Å². The van der Waals surface area contributed by atoms with Crippen LogP contribution in [0.5, 0.6) is 0 Å². The molecule has 1 aliphatic rings. The molecule has 1 heterocycles. The number of aromatic carboxylic acids is 1. The quantitative estimate of drug-likeness (QED) is 0.682. The molecule has 0 radical (unpaired) electrons. The van der Waals surface area contributed by atoms with Crippen molar-refractivity contribution in [3.05, 3.63) is 17.5 Å². The first kappa shape index (κ1) is 14.4. The van der Waals surface area contributed by atoms with E-state index in [1.54, 1.807) is 13.0 Å². The first-order valence-electron chi connectivity index (χ1n) is 6.87. The number of hydrogen-bond acceptors (Lipinski definition) is 2. The Morgan fingerprint density at radius 3 is 2.65 bits per heavy atom. The summed E-state index contributed by atoms with van der Waals surface area (Å²) in [5.41, 5.74) is 1.16. The number of nitrogens with one attached hydrogen (secondary N) is 3. The zero-order valence-corrected chi connectivity index (χ0v) is 11.9. The summed E-state index contributed by atoms with van der Waals surface area (Å²) >= 11 is 0. The molecule has 0 spiro atoms. The predicted octanol–water partition coefficient (Wildman–Crippen LogP) is 2.72. The van der Waals surface area contributed by atoms with Crippen LogP contribution in [0.15, 0.2) is 6.07 Å². The molecule has 2 rings (SSSR count). The number of carboxylic acids is 1. The van der Waals surface area contributed by atoms with E-state index in [0.29, 0.717) is 17.9 Å². The number of H-pyrrole nitrogens is 1. The van der Waals surface area contributed by atoms with Gasteiger partial charge in [-0.15, -0.1) is 0 Å². The molecule has 0 atom stereocenters. The third-order valence-electron chi connectivity index (χ3n) is 3.90. The van der Waals surface area contributed by atoms with Gasteiger partial charge in [0.1, 0.15) is 5.69 Å². The number of aromatic amines is 1. The number of carboxylic acid groups (broad SMARTS) is 1. The summed E-state index contributed by atoms with van der Waals surface area (Å²) in [6.07, 6.45) is 4.66. The van der Waals surface area contributed by atoms with E-state index in [-0.39, 0.29) is 17.1 Å². The normalized spacial score (nSPS) is 16.9. The summed E-state index contributed by atoms with van der Waals surface area (Å²) < 4.78 is 0. The van der Waals surface area contributed by atoms with Gasteiger partial charge in [-0.1, -0.05) is 19.8 Å². The fourth-order valence-corrected chi connectivity index (χ4v) is 2.72. The standard InChI is InChI=1S/C14H21N3O3/c1-9-7-10(11(16-9)12(18)19)17-13(20)15-8-14(2)5-3-4-6-14/h7,16H,3-6,8H2,1-2H3,(H,18,19)(H2,15,17,20). The Bertz CT molecular complexity index is 516. The molecule has 0 saturated heterocycles. The van der Waals surface area contributed by atoms with Crippen molar-refractivity contribution in [2.24, 2.45) is 5.41 Å². The van der Waals surface area contributed by atoms with Gasteiger partial charge in [0.25, 0.3) is 0 Å². The molecule has 20 heavy (non-hydrogen) atoms. The van der Waals surface area contributed by atoms with Crippen molar-refractivity contribution in [2.75, 3.05) is 11.9 Å². The Labute approximate surface area is 118 Å². The molecule has 1 aromatic rings. The van der Waals surface area contributed by atoms with Gasteiger partial charge in [0, 0.05) is 12.2 Å². The van der Waals surface area contributed by atoms with Gasteiger partial charge >= 0.3 is 12.0 Å². The highest BCUT2D eigenvalue weighted by Crippen LogP contribution is 2.36. The molecule has 1 fully saturated rings. The van der Waals surface area contributed by atoms with Gasteiger partial charge in [-0.3, -0.25) is 0 Å². The molecule has 4 N–H and O–H groups in total. The molecule has 1 aromatic heterocycles. The third kappa shape index (κ3) is 3.31. The fraction of sp³-hybridized carbons (Fsp3) is 0.571. The number of hydrogen-bond donors (Lipinski definition) is 4. The van der Waals surface area contributed by atoms with Gasteiger partial charge in [-0.05, 0) is 31.2 Å². The van der Waals surface area contributed by atoms with E-state index in [1.165, 1.54) is 12.8 Å². The molecule has 0 aliphatic heterocycles. The van der Waals surface area contributed by atoms with Crippen LogP contribution in [0, 0.1) is 12.3 Å². The van der Waals surface area contributed by atoms with Crippen LogP contribution in [0.3, 0.4) is 0 Å².